The van der Waals surface area contributed by atoms with E-state index in [9.17, 15) is 4.79 Å². The summed E-state index contributed by atoms with van der Waals surface area (Å²) in [5.41, 5.74) is 1.79. The van der Waals surface area contributed by atoms with Crippen LogP contribution in [0, 0.1) is 6.92 Å². The molecule has 0 fully saturated rings. The highest BCUT2D eigenvalue weighted by atomic mass is 16.5. The van der Waals surface area contributed by atoms with E-state index in [1.165, 1.54) is 0 Å². The average Bonchev–Trinajstić information content (AvgIpc) is 2.56. The molecule has 0 aromatic heterocycles. The van der Waals surface area contributed by atoms with Gasteiger partial charge in [-0.2, -0.15) is 0 Å². The maximum atomic E-state index is 12.5. The third-order valence-corrected chi connectivity index (χ3v) is 3.38. The number of aryl methyl sites for hydroxylation is 1. The lowest BCUT2D eigenvalue weighted by molar-refractivity contribution is 0.0753. The molecule has 1 aliphatic heterocycles. The Bertz CT molecular complexity index is 446. The van der Waals surface area contributed by atoms with Crippen LogP contribution in [-0.4, -0.2) is 44.1 Å². The number of unbranched alkanes of at least 4 members (excludes halogenated alkanes) is 1. The van der Waals surface area contributed by atoms with Crippen molar-refractivity contribution in [1.82, 2.24) is 10.2 Å². The van der Waals surface area contributed by atoms with Crippen molar-refractivity contribution < 1.29 is 9.53 Å². The highest BCUT2D eigenvalue weighted by Crippen LogP contribution is 2.24. The topological polar surface area (TPSA) is 41.6 Å². The summed E-state index contributed by atoms with van der Waals surface area (Å²) < 4.78 is 5.66. The van der Waals surface area contributed by atoms with Gasteiger partial charge in [0.2, 0.25) is 0 Å². The lowest BCUT2D eigenvalue weighted by Gasteiger charge is -2.19. The van der Waals surface area contributed by atoms with Crippen molar-refractivity contribution in [2.45, 2.75) is 19.8 Å². The fourth-order valence-electron chi connectivity index (χ4n) is 2.29. The predicted octanol–water partition coefficient (Wildman–Crippen LogP) is 1.83. The maximum Gasteiger partial charge on any atom is 0.257 e. The number of nitrogens with one attached hydrogen (secondary N) is 1. The summed E-state index contributed by atoms with van der Waals surface area (Å²) in [5.74, 6) is 0.814. The van der Waals surface area contributed by atoms with Crippen molar-refractivity contribution in [3.63, 3.8) is 0 Å². The molecule has 4 nitrogen and oxygen atoms in total. The number of carbonyl (C=O) groups is 1. The first kappa shape index (κ1) is 13.9. The summed E-state index contributed by atoms with van der Waals surface area (Å²) in [4.78, 5) is 14.4. The van der Waals surface area contributed by atoms with E-state index in [4.69, 9.17) is 4.74 Å². The van der Waals surface area contributed by atoms with Crippen LogP contribution in [0.4, 0.5) is 0 Å². The SMILES string of the molecule is CNCCCCN1CCOc2ccc(C)cc2C1=O. The summed E-state index contributed by atoms with van der Waals surface area (Å²) in [5, 5.41) is 3.12. The number of hydrogen-bond donors (Lipinski definition) is 1. The molecule has 0 unspecified atom stereocenters. The zero-order chi connectivity index (χ0) is 13.7. The molecule has 19 heavy (non-hydrogen) atoms. The van der Waals surface area contributed by atoms with Gasteiger partial charge in [0.05, 0.1) is 12.1 Å². The number of rotatable bonds is 5. The van der Waals surface area contributed by atoms with E-state index in [-0.39, 0.29) is 5.91 Å². The Morgan fingerprint density at radius 2 is 2.21 bits per heavy atom. The van der Waals surface area contributed by atoms with Gasteiger partial charge in [0.25, 0.3) is 5.91 Å². The lowest BCUT2D eigenvalue weighted by atomic mass is 10.1. The first-order valence-electron chi connectivity index (χ1n) is 6.89. The first-order valence-corrected chi connectivity index (χ1v) is 6.89. The second-order valence-corrected chi connectivity index (χ2v) is 4.95. The van der Waals surface area contributed by atoms with Crippen LogP contribution < -0.4 is 10.1 Å². The van der Waals surface area contributed by atoms with Crippen LogP contribution in [0.1, 0.15) is 28.8 Å². The number of amides is 1. The van der Waals surface area contributed by atoms with Gasteiger partial charge in [0, 0.05) is 6.54 Å². The maximum absolute atomic E-state index is 12.5. The van der Waals surface area contributed by atoms with Crippen molar-refractivity contribution in [3.8, 4) is 5.75 Å². The van der Waals surface area contributed by atoms with Crippen molar-refractivity contribution in [2.24, 2.45) is 0 Å². The quantitative estimate of drug-likeness (QED) is 0.823. The molecular formula is C15H22N2O2. The Kier molecular flexibility index (Phi) is 4.80. The molecule has 1 N–H and O–H groups in total. The molecule has 0 saturated heterocycles. The molecule has 0 atom stereocenters. The smallest absolute Gasteiger partial charge is 0.257 e. The molecule has 0 saturated carbocycles. The van der Waals surface area contributed by atoms with Crippen LogP contribution in [0.5, 0.6) is 5.75 Å². The summed E-state index contributed by atoms with van der Waals surface area (Å²) in [7, 11) is 1.95. The van der Waals surface area contributed by atoms with Gasteiger partial charge >= 0.3 is 0 Å². The van der Waals surface area contributed by atoms with E-state index in [0.717, 1.165) is 31.5 Å². The average molecular weight is 262 g/mol. The molecule has 1 heterocycles. The van der Waals surface area contributed by atoms with E-state index in [1.807, 2.05) is 37.1 Å². The summed E-state index contributed by atoms with van der Waals surface area (Å²) in [6, 6.07) is 5.80. The lowest BCUT2D eigenvalue weighted by Crippen LogP contribution is -2.33. The van der Waals surface area contributed by atoms with Crippen LogP contribution in [0.15, 0.2) is 18.2 Å². The highest BCUT2D eigenvalue weighted by molar-refractivity contribution is 5.97. The van der Waals surface area contributed by atoms with E-state index >= 15 is 0 Å². The van der Waals surface area contributed by atoms with E-state index in [1.54, 1.807) is 0 Å². The van der Waals surface area contributed by atoms with Crippen LogP contribution in [0.25, 0.3) is 0 Å². The Labute approximate surface area is 114 Å². The fraction of sp³-hybridized carbons (Fsp3) is 0.533. The van der Waals surface area contributed by atoms with Gasteiger partial charge in [0.1, 0.15) is 12.4 Å². The number of ether oxygens (including phenoxy) is 1. The molecular weight excluding hydrogens is 240 g/mol. The molecule has 0 spiro atoms. The normalized spacial score (nSPS) is 14.8. The number of nitrogens with zero attached hydrogens (tertiary/aromatic N) is 1. The van der Waals surface area contributed by atoms with Gasteiger partial charge in [-0.15, -0.1) is 0 Å². The second-order valence-electron chi connectivity index (χ2n) is 4.95. The number of carbonyl (C=O) groups excluding carboxylic acids is 1. The minimum Gasteiger partial charge on any atom is -0.491 e. The van der Waals surface area contributed by atoms with Crippen molar-refractivity contribution in [3.05, 3.63) is 29.3 Å². The second kappa shape index (κ2) is 6.57. The molecule has 1 aliphatic rings. The fourth-order valence-corrected chi connectivity index (χ4v) is 2.29. The zero-order valence-corrected chi connectivity index (χ0v) is 11.7. The molecule has 104 valence electrons. The molecule has 2 rings (SSSR count). The largest absolute Gasteiger partial charge is 0.491 e. The van der Waals surface area contributed by atoms with Crippen LogP contribution >= 0.6 is 0 Å². The van der Waals surface area contributed by atoms with Crippen LogP contribution in [-0.2, 0) is 0 Å². The predicted molar refractivity (Wildman–Crippen MR) is 75.7 cm³/mol. The molecule has 1 amide bonds. The van der Waals surface area contributed by atoms with Crippen LogP contribution in [0.2, 0.25) is 0 Å². The standard InChI is InChI=1S/C15H22N2O2/c1-12-5-6-14-13(11-12)15(18)17(9-10-19-14)8-4-3-7-16-2/h5-6,11,16H,3-4,7-10H2,1-2H3. The van der Waals surface area contributed by atoms with Crippen molar-refractivity contribution >= 4 is 5.91 Å². The number of fused-ring (bicyclic) bond motifs is 1. The van der Waals surface area contributed by atoms with E-state index in [2.05, 4.69) is 5.32 Å². The summed E-state index contributed by atoms with van der Waals surface area (Å²) in [6.07, 6.45) is 2.11. The molecule has 0 aliphatic carbocycles. The molecule has 1 aromatic carbocycles. The van der Waals surface area contributed by atoms with E-state index in [0.29, 0.717) is 24.5 Å². The number of hydrogen-bond acceptors (Lipinski definition) is 3. The van der Waals surface area contributed by atoms with Crippen LogP contribution in [0.3, 0.4) is 0 Å². The molecule has 0 bridgehead atoms. The van der Waals surface area contributed by atoms with E-state index < -0.39 is 0 Å². The number of benzene rings is 1. The third-order valence-electron chi connectivity index (χ3n) is 3.38. The zero-order valence-electron chi connectivity index (χ0n) is 11.7. The van der Waals surface area contributed by atoms with Crippen molar-refractivity contribution in [1.29, 1.82) is 0 Å². The summed E-state index contributed by atoms with van der Waals surface area (Å²) in [6.45, 7) is 5.04. The van der Waals surface area contributed by atoms with Gasteiger partial charge in [-0.1, -0.05) is 11.6 Å². The third kappa shape index (κ3) is 3.47. The van der Waals surface area contributed by atoms with Gasteiger partial charge in [-0.05, 0) is 45.5 Å². The van der Waals surface area contributed by atoms with Crippen molar-refractivity contribution in [2.75, 3.05) is 33.3 Å². The molecule has 1 aromatic rings. The van der Waals surface area contributed by atoms with Gasteiger partial charge in [-0.3, -0.25) is 4.79 Å². The monoisotopic (exact) mass is 262 g/mol. The highest BCUT2D eigenvalue weighted by Gasteiger charge is 2.22. The van der Waals surface area contributed by atoms with Gasteiger partial charge in [0.15, 0.2) is 0 Å². The Morgan fingerprint density at radius 1 is 1.37 bits per heavy atom. The van der Waals surface area contributed by atoms with Gasteiger partial charge in [-0.25, -0.2) is 0 Å². The Balaban J connectivity index is 2.05. The summed E-state index contributed by atoms with van der Waals surface area (Å²) >= 11 is 0. The molecule has 4 heteroatoms. The Morgan fingerprint density at radius 3 is 3.00 bits per heavy atom. The minimum absolute atomic E-state index is 0.0978. The van der Waals surface area contributed by atoms with Gasteiger partial charge < -0.3 is 15.0 Å². The minimum atomic E-state index is 0.0978. The molecule has 0 radical (unpaired) electrons. The Hall–Kier alpha value is -1.55. The first-order chi connectivity index (χ1) is 9.22.